The average Bonchev–Trinajstić information content (AvgIpc) is 3.48. The number of hydrogen-bond acceptors (Lipinski definition) is 7. The minimum absolute atomic E-state index is 0.0142. The zero-order valence-electron chi connectivity index (χ0n) is 18.5. The molecule has 7 nitrogen and oxygen atoms in total. The minimum atomic E-state index is -0.447. The molecule has 0 saturated carbocycles. The molecular formula is C24H29NO6. The van der Waals surface area contributed by atoms with E-state index in [1.807, 2.05) is 24.3 Å². The molecule has 0 aromatic heterocycles. The number of rotatable bonds is 5. The summed E-state index contributed by atoms with van der Waals surface area (Å²) in [6.07, 6.45) is 3.14. The van der Waals surface area contributed by atoms with Gasteiger partial charge in [-0.2, -0.15) is 0 Å². The smallest absolute Gasteiger partial charge is 0.231 e. The predicted octanol–water partition coefficient (Wildman–Crippen LogP) is 4.17. The van der Waals surface area contributed by atoms with Gasteiger partial charge < -0.3 is 28.4 Å². The standard InChI is InChI=1S/C24H29NO6/c1-24(25-7-5-6-8-25)13-17(16-11-19-20(30-14-29-19)12-18(16)31-24)23-21(27-3)9-15(26-2)10-22(23)28-4/h9-12,17H,5-8,13-14H2,1-4H3/t17-,24-/m1/s1. The highest BCUT2D eigenvalue weighted by molar-refractivity contribution is 5.61. The van der Waals surface area contributed by atoms with Crippen LogP contribution in [-0.4, -0.2) is 51.8 Å². The third-order valence-electron chi connectivity index (χ3n) is 6.67. The SMILES string of the molecule is COc1cc(OC)c([C@@H]2C[C@](C)(N3CCCC3)Oc3cc4c(cc32)OCO4)c(OC)c1. The van der Waals surface area contributed by atoms with Gasteiger partial charge in [0.15, 0.2) is 17.2 Å². The highest BCUT2D eigenvalue weighted by Crippen LogP contribution is 2.54. The molecule has 1 saturated heterocycles. The highest BCUT2D eigenvalue weighted by Gasteiger charge is 2.45. The van der Waals surface area contributed by atoms with Gasteiger partial charge in [0.2, 0.25) is 6.79 Å². The zero-order chi connectivity index (χ0) is 21.6. The van der Waals surface area contributed by atoms with Gasteiger partial charge in [0.1, 0.15) is 23.0 Å². The molecule has 1 fully saturated rings. The lowest BCUT2D eigenvalue weighted by Gasteiger charge is -2.45. The Morgan fingerprint density at radius 3 is 2.13 bits per heavy atom. The van der Waals surface area contributed by atoms with E-state index in [-0.39, 0.29) is 12.7 Å². The van der Waals surface area contributed by atoms with E-state index in [0.29, 0.717) is 5.75 Å². The molecule has 0 unspecified atom stereocenters. The topological polar surface area (TPSA) is 58.6 Å². The summed E-state index contributed by atoms with van der Waals surface area (Å²) in [6.45, 7) is 4.46. The molecule has 0 radical (unpaired) electrons. The minimum Gasteiger partial charge on any atom is -0.496 e. The average molecular weight is 427 g/mol. The van der Waals surface area contributed by atoms with Crippen molar-refractivity contribution in [1.29, 1.82) is 0 Å². The van der Waals surface area contributed by atoms with Crippen molar-refractivity contribution in [3.05, 3.63) is 35.4 Å². The number of nitrogens with zero attached hydrogens (tertiary/aromatic N) is 1. The predicted molar refractivity (Wildman–Crippen MR) is 115 cm³/mol. The van der Waals surface area contributed by atoms with Gasteiger partial charge >= 0.3 is 0 Å². The molecule has 2 aromatic carbocycles. The fourth-order valence-corrected chi connectivity index (χ4v) is 5.08. The number of likely N-dealkylation sites (tertiary alicyclic amines) is 1. The quantitative estimate of drug-likeness (QED) is 0.710. The molecule has 0 bridgehead atoms. The normalized spacial score (nSPS) is 24.5. The maximum atomic E-state index is 6.66. The van der Waals surface area contributed by atoms with Crippen molar-refractivity contribution in [2.24, 2.45) is 0 Å². The molecule has 0 amide bonds. The summed E-state index contributed by atoms with van der Waals surface area (Å²) >= 11 is 0. The summed E-state index contributed by atoms with van der Waals surface area (Å²) in [6, 6.07) is 7.82. The van der Waals surface area contributed by atoms with E-state index in [2.05, 4.69) is 11.8 Å². The monoisotopic (exact) mass is 427 g/mol. The highest BCUT2D eigenvalue weighted by atomic mass is 16.7. The van der Waals surface area contributed by atoms with Crippen LogP contribution in [0.4, 0.5) is 0 Å². The Hall–Kier alpha value is -2.80. The number of fused-ring (bicyclic) bond motifs is 2. The number of benzene rings is 2. The first-order valence-electron chi connectivity index (χ1n) is 10.7. The van der Waals surface area contributed by atoms with Crippen molar-refractivity contribution in [2.45, 2.75) is 37.8 Å². The van der Waals surface area contributed by atoms with Gasteiger partial charge in [0.05, 0.1) is 21.3 Å². The van der Waals surface area contributed by atoms with Crippen molar-refractivity contribution in [3.63, 3.8) is 0 Å². The van der Waals surface area contributed by atoms with E-state index in [4.69, 9.17) is 28.4 Å². The van der Waals surface area contributed by atoms with E-state index in [1.54, 1.807) is 21.3 Å². The zero-order valence-corrected chi connectivity index (χ0v) is 18.5. The van der Waals surface area contributed by atoms with Crippen LogP contribution in [0.2, 0.25) is 0 Å². The summed E-state index contributed by atoms with van der Waals surface area (Å²) in [5, 5.41) is 0. The van der Waals surface area contributed by atoms with Crippen LogP contribution in [0.15, 0.2) is 24.3 Å². The second kappa shape index (κ2) is 7.71. The Balaban J connectivity index is 1.69. The van der Waals surface area contributed by atoms with Crippen LogP contribution in [-0.2, 0) is 0 Å². The van der Waals surface area contributed by atoms with Crippen LogP contribution in [0.25, 0.3) is 0 Å². The van der Waals surface area contributed by atoms with Crippen molar-refractivity contribution in [2.75, 3.05) is 41.2 Å². The molecule has 166 valence electrons. The van der Waals surface area contributed by atoms with E-state index < -0.39 is 5.72 Å². The van der Waals surface area contributed by atoms with Crippen LogP contribution in [0.3, 0.4) is 0 Å². The van der Waals surface area contributed by atoms with Crippen molar-refractivity contribution < 1.29 is 28.4 Å². The molecule has 5 rings (SSSR count). The van der Waals surface area contributed by atoms with Gasteiger partial charge in [0, 0.05) is 54.8 Å². The van der Waals surface area contributed by atoms with Gasteiger partial charge in [-0.25, -0.2) is 0 Å². The summed E-state index contributed by atoms with van der Waals surface area (Å²) in [7, 11) is 5.00. The summed E-state index contributed by atoms with van der Waals surface area (Å²) in [5.41, 5.74) is 1.58. The van der Waals surface area contributed by atoms with Crippen LogP contribution in [0.5, 0.6) is 34.5 Å². The fourth-order valence-electron chi connectivity index (χ4n) is 5.08. The van der Waals surface area contributed by atoms with Crippen molar-refractivity contribution >= 4 is 0 Å². The van der Waals surface area contributed by atoms with Gasteiger partial charge in [-0.15, -0.1) is 0 Å². The lowest BCUT2D eigenvalue weighted by atomic mass is 9.80. The molecule has 0 aliphatic carbocycles. The Labute approximate surface area is 182 Å². The van der Waals surface area contributed by atoms with E-state index in [1.165, 1.54) is 12.8 Å². The molecule has 2 aromatic rings. The molecule has 31 heavy (non-hydrogen) atoms. The summed E-state index contributed by atoms with van der Waals surface area (Å²) in [4.78, 5) is 2.44. The lowest BCUT2D eigenvalue weighted by Crippen LogP contribution is -2.52. The number of ether oxygens (including phenoxy) is 6. The van der Waals surface area contributed by atoms with Gasteiger partial charge in [-0.05, 0) is 25.8 Å². The Morgan fingerprint density at radius 2 is 1.52 bits per heavy atom. The van der Waals surface area contributed by atoms with Gasteiger partial charge in [-0.3, -0.25) is 4.90 Å². The summed E-state index contributed by atoms with van der Waals surface area (Å²) in [5.74, 6) is 4.42. The Kier molecular flexibility index (Phi) is 5.01. The largest absolute Gasteiger partial charge is 0.496 e. The van der Waals surface area contributed by atoms with E-state index >= 15 is 0 Å². The lowest BCUT2D eigenvalue weighted by molar-refractivity contribution is -0.0769. The molecule has 2 atom stereocenters. The first-order chi connectivity index (χ1) is 15.1. The number of methoxy groups -OCH3 is 3. The first-order valence-corrected chi connectivity index (χ1v) is 10.7. The van der Waals surface area contributed by atoms with E-state index in [9.17, 15) is 0 Å². The van der Waals surface area contributed by atoms with E-state index in [0.717, 1.165) is 59.4 Å². The second-order valence-corrected chi connectivity index (χ2v) is 8.42. The Bertz CT molecular complexity index is 961. The molecule has 0 N–H and O–H groups in total. The maximum absolute atomic E-state index is 6.66. The third-order valence-corrected chi connectivity index (χ3v) is 6.67. The molecule has 3 heterocycles. The van der Waals surface area contributed by atoms with Crippen molar-refractivity contribution in [3.8, 4) is 34.5 Å². The van der Waals surface area contributed by atoms with Crippen LogP contribution < -0.4 is 28.4 Å². The van der Waals surface area contributed by atoms with Crippen LogP contribution in [0, 0.1) is 0 Å². The molecule has 0 spiro atoms. The van der Waals surface area contributed by atoms with Crippen LogP contribution >= 0.6 is 0 Å². The van der Waals surface area contributed by atoms with Gasteiger partial charge in [-0.1, -0.05) is 0 Å². The number of hydrogen-bond donors (Lipinski definition) is 0. The molecular weight excluding hydrogens is 398 g/mol. The first kappa shape index (κ1) is 20.1. The van der Waals surface area contributed by atoms with Crippen LogP contribution in [0.1, 0.15) is 43.2 Å². The molecule has 3 aliphatic rings. The van der Waals surface area contributed by atoms with Gasteiger partial charge in [0.25, 0.3) is 0 Å². The maximum Gasteiger partial charge on any atom is 0.231 e. The third kappa shape index (κ3) is 3.31. The molecule has 3 aliphatic heterocycles. The molecule has 7 heteroatoms. The second-order valence-electron chi connectivity index (χ2n) is 8.42. The fraction of sp³-hybridized carbons (Fsp3) is 0.500. The summed E-state index contributed by atoms with van der Waals surface area (Å²) < 4.78 is 35.1. The van der Waals surface area contributed by atoms with Crippen molar-refractivity contribution in [1.82, 2.24) is 4.90 Å². The Morgan fingerprint density at radius 1 is 0.871 bits per heavy atom.